The Morgan fingerprint density at radius 3 is 2.77 bits per heavy atom. The molecule has 2 N–H and O–H groups in total. The third kappa shape index (κ3) is 4.80. The molecule has 0 radical (unpaired) electrons. The molecule has 166 valence electrons. The van der Waals surface area contributed by atoms with Crippen LogP contribution in [0, 0.1) is 11.3 Å². The van der Waals surface area contributed by atoms with Crippen LogP contribution >= 0.6 is 0 Å². The summed E-state index contributed by atoms with van der Waals surface area (Å²) < 4.78 is 34.0. The number of sulfone groups is 1. The molecule has 1 spiro atoms. The maximum Gasteiger partial charge on any atom is 0.225 e. The third-order valence-electron chi connectivity index (χ3n) is 6.44. The quantitative estimate of drug-likeness (QED) is 0.627. The van der Waals surface area contributed by atoms with E-state index in [0.717, 1.165) is 30.7 Å². The number of amides is 1. The van der Waals surface area contributed by atoms with E-state index in [4.69, 9.17) is 14.6 Å². The fraction of sp³-hybridized carbons (Fsp3) is 0.667. The Morgan fingerprint density at radius 2 is 2.07 bits per heavy atom. The highest BCUT2D eigenvalue weighted by Crippen LogP contribution is 2.45. The number of carbonyl (C=O) groups is 1. The molecule has 30 heavy (non-hydrogen) atoms. The van der Waals surface area contributed by atoms with E-state index in [1.165, 1.54) is 0 Å². The van der Waals surface area contributed by atoms with E-state index in [-0.39, 0.29) is 48.0 Å². The van der Waals surface area contributed by atoms with Crippen molar-refractivity contribution in [2.75, 3.05) is 51.0 Å². The van der Waals surface area contributed by atoms with Crippen molar-refractivity contribution in [3.8, 4) is 5.75 Å². The Bertz CT molecular complexity index is 856. The minimum absolute atomic E-state index is 0.0277. The lowest BCUT2D eigenvalue weighted by molar-refractivity contribution is -0.130. The van der Waals surface area contributed by atoms with E-state index >= 15 is 0 Å². The zero-order chi connectivity index (χ0) is 21.2. The molecule has 0 aromatic heterocycles. The van der Waals surface area contributed by atoms with Crippen LogP contribution in [-0.2, 0) is 25.9 Å². The number of aliphatic hydroxyl groups is 1. The lowest BCUT2D eigenvalue weighted by Gasteiger charge is -2.38. The van der Waals surface area contributed by atoms with Gasteiger partial charge in [0.15, 0.2) is 9.84 Å². The van der Waals surface area contributed by atoms with Gasteiger partial charge < -0.3 is 19.9 Å². The molecule has 3 aliphatic heterocycles. The molecule has 3 fully saturated rings. The maximum absolute atomic E-state index is 13.1. The Morgan fingerprint density at radius 1 is 1.30 bits per heavy atom. The molecule has 4 rings (SSSR count). The first-order valence-electron chi connectivity index (χ1n) is 10.5. The molecule has 0 saturated carbocycles. The molecule has 1 aromatic rings. The Balaban J connectivity index is 1.44. The van der Waals surface area contributed by atoms with Crippen molar-refractivity contribution in [3.63, 3.8) is 0 Å². The maximum atomic E-state index is 13.1. The molecule has 3 saturated heterocycles. The molecule has 3 heterocycles. The lowest BCUT2D eigenvalue weighted by atomic mass is 9.71. The molecule has 1 aromatic carbocycles. The summed E-state index contributed by atoms with van der Waals surface area (Å²) in [6, 6.07) is 7.55. The largest absolute Gasteiger partial charge is 0.491 e. The number of benzene rings is 1. The summed E-state index contributed by atoms with van der Waals surface area (Å²) >= 11 is 0. The van der Waals surface area contributed by atoms with Crippen molar-refractivity contribution in [2.45, 2.75) is 25.4 Å². The van der Waals surface area contributed by atoms with Crippen molar-refractivity contribution in [1.29, 1.82) is 0 Å². The number of hydrogen-bond acceptors (Lipinski definition) is 7. The van der Waals surface area contributed by atoms with Gasteiger partial charge in [-0.2, -0.15) is 0 Å². The minimum atomic E-state index is -2.97. The summed E-state index contributed by atoms with van der Waals surface area (Å²) in [4.78, 5) is 15.4. The van der Waals surface area contributed by atoms with Gasteiger partial charge in [-0.1, -0.05) is 12.1 Å². The van der Waals surface area contributed by atoms with Gasteiger partial charge in [0.1, 0.15) is 12.4 Å². The van der Waals surface area contributed by atoms with E-state index < -0.39 is 9.84 Å². The van der Waals surface area contributed by atoms with Crippen LogP contribution in [0.1, 0.15) is 18.4 Å². The molecule has 1 unspecified atom stereocenters. The van der Waals surface area contributed by atoms with Crippen LogP contribution in [0.3, 0.4) is 0 Å². The van der Waals surface area contributed by atoms with Crippen molar-refractivity contribution >= 4 is 15.7 Å². The van der Waals surface area contributed by atoms with Crippen molar-refractivity contribution < 1.29 is 27.8 Å². The van der Waals surface area contributed by atoms with Gasteiger partial charge >= 0.3 is 0 Å². The van der Waals surface area contributed by atoms with E-state index in [1.54, 1.807) is 0 Å². The van der Waals surface area contributed by atoms with E-state index in [9.17, 15) is 13.2 Å². The van der Waals surface area contributed by atoms with Gasteiger partial charge in [-0.3, -0.25) is 9.69 Å². The highest BCUT2D eigenvalue weighted by molar-refractivity contribution is 7.92. The standard InChI is InChI=1S/C21H30N2O6S/c24-6-9-29-18-3-1-2-16(10-18)11-23-12-19(21(15-23)4-7-28-8-5-21)20(25)22-17-13-30(26,27)14-17/h1-3,10,17,19,24H,4-9,11-15H2,(H,22,25). The molecule has 8 nitrogen and oxygen atoms in total. The van der Waals surface area contributed by atoms with Gasteiger partial charge in [0, 0.05) is 38.3 Å². The number of hydrogen-bond donors (Lipinski definition) is 2. The van der Waals surface area contributed by atoms with Gasteiger partial charge in [0.05, 0.1) is 30.1 Å². The van der Waals surface area contributed by atoms with Crippen LogP contribution in [0.5, 0.6) is 5.75 Å². The Labute approximate surface area is 177 Å². The minimum Gasteiger partial charge on any atom is -0.491 e. The predicted octanol–water partition coefficient (Wildman–Crippen LogP) is 0.200. The van der Waals surface area contributed by atoms with E-state index in [2.05, 4.69) is 10.2 Å². The van der Waals surface area contributed by atoms with Gasteiger partial charge in [-0.25, -0.2) is 8.42 Å². The SMILES string of the molecule is O=C(NC1CS(=O)(=O)C1)C1CN(Cc2cccc(OCCO)c2)CC12CCOCC2. The first-order chi connectivity index (χ1) is 14.4. The second-order valence-electron chi connectivity index (χ2n) is 8.70. The third-order valence-corrected chi connectivity index (χ3v) is 8.27. The van der Waals surface area contributed by atoms with Crippen molar-refractivity contribution in [2.24, 2.45) is 11.3 Å². The second-order valence-corrected chi connectivity index (χ2v) is 10.9. The van der Waals surface area contributed by atoms with Crippen LogP contribution in [-0.4, -0.2) is 81.4 Å². The zero-order valence-corrected chi connectivity index (χ0v) is 17.9. The Hall–Kier alpha value is -1.68. The van der Waals surface area contributed by atoms with Gasteiger partial charge in [0.25, 0.3) is 0 Å². The number of aliphatic hydroxyl groups excluding tert-OH is 1. The average Bonchev–Trinajstić information content (AvgIpc) is 3.03. The van der Waals surface area contributed by atoms with Crippen LogP contribution < -0.4 is 10.1 Å². The van der Waals surface area contributed by atoms with Crippen LogP contribution in [0.4, 0.5) is 0 Å². The summed E-state index contributed by atoms with van der Waals surface area (Å²) in [6.07, 6.45) is 1.68. The lowest BCUT2D eigenvalue weighted by Crippen LogP contribution is -2.56. The van der Waals surface area contributed by atoms with Crippen LogP contribution in [0.2, 0.25) is 0 Å². The Kier molecular flexibility index (Phi) is 6.34. The molecular formula is C21H30N2O6S. The predicted molar refractivity (Wildman–Crippen MR) is 111 cm³/mol. The highest BCUT2D eigenvalue weighted by Gasteiger charge is 2.51. The average molecular weight is 439 g/mol. The van der Waals surface area contributed by atoms with Crippen LogP contribution in [0.15, 0.2) is 24.3 Å². The smallest absolute Gasteiger partial charge is 0.225 e. The fourth-order valence-electron chi connectivity index (χ4n) is 4.94. The number of nitrogens with zero attached hydrogens (tertiary/aromatic N) is 1. The summed E-state index contributed by atoms with van der Waals surface area (Å²) in [7, 11) is -2.97. The fourth-order valence-corrected chi connectivity index (χ4v) is 6.24. The first kappa shape index (κ1) is 21.5. The van der Waals surface area contributed by atoms with Crippen molar-refractivity contribution in [3.05, 3.63) is 29.8 Å². The number of likely N-dealkylation sites (tertiary alicyclic amines) is 1. The monoisotopic (exact) mass is 438 g/mol. The highest BCUT2D eigenvalue weighted by atomic mass is 32.2. The van der Waals surface area contributed by atoms with Gasteiger partial charge in [-0.15, -0.1) is 0 Å². The number of nitrogens with one attached hydrogen (secondary N) is 1. The topological polar surface area (TPSA) is 105 Å². The van der Waals surface area contributed by atoms with Crippen molar-refractivity contribution in [1.82, 2.24) is 10.2 Å². The molecule has 1 atom stereocenters. The molecule has 0 bridgehead atoms. The summed E-state index contributed by atoms with van der Waals surface area (Å²) in [6.45, 7) is 3.71. The molecule has 3 aliphatic rings. The van der Waals surface area contributed by atoms with E-state index in [1.807, 2.05) is 24.3 Å². The van der Waals surface area contributed by atoms with E-state index in [0.29, 0.717) is 26.3 Å². The zero-order valence-electron chi connectivity index (χ0n) is 17.1. The molecular weight excluding hydrogens is 408 g/mol. The summed E-state index contributed by atoms with van der Waals surface area (Å²) in [5.41, 5.74) is 0.967. The summed E-state index contributed by atoms with van der Waals surface area (Å²) in [5, 5.41) is 11.9. The number of ether oxygens (including phenoxy) is 2. The first-order valence-corrected chi connectivity index (χ1v) is 12.3. The number of rotatable bonds is 7. The molecule has 9 heteroatoms. The molecule has 0 aliphatic carbocycles. The van der Waals surface area contributed by atoms with Crippen LogP contribution in [0.25, 0.3) is 0 Å². The van der Waals surface area contributed by atoms with Gasteiger partial charge in [0.2, 0.25) is 5.91 Å². The molecule has 1 amide bonds. The van der Waals surface area contributed by atoms with Gasteiger partial charge in [-0.05, 0) is 30.5 Å². The number of carbonyl (C=O) groups excluding carboxylic acids is 1. The normalized spacial score (nSPS) is 25.7. The second kappa shape index (κ2) is 8.82. The summed E-state index contributed by atoms with van der Waals surface area (Å²) in [5.74, 6) is 0.623.